The molecule has 0 amide bonds. The van der Waals surface area contributed by atoms with Crippen LogP contribution in [0.25, 0.3) is 32.9 Å². The Morgan fingerprint density at radius 1 is 1.17 bits per heavy atom. The van der Waals surface area contributed by atoms with Crippen molar-refractivity contribution in [2.24, 2.45) is 0 Å². The second-order valence-corrected chi connectivity index (χ2v) is 12.6. The number of phenols is 1. The lowest BCUT2D eigenvalue weighted by Crippen LogP contribution is -2.52. The van der Waals surface area contributed by atoms with Crippen molar-refractivity contribution in [3.8, 4) is 23.0 Å². The Hall–Kier alpha value is -3.34. The number of ether oxygens (including phenoxy) is 1. The number of nitrogens with one attached hydrogen (secondary N) is 1. The fourth-order valence-corrected chi connectivity index (χ4v) is 8.08. The fraction of sp³-hybridized carbons (Fsp3) is 0.452. The summed E-state index contributed by atoms with van der Waals surface area (Å²) in [5.74, 6) is -0.0501. The maximum absolute atomic E-state index is 16.7. The Labute approximate surface area is 246 Å². The van der Waals surface area contributed by atoms with Gasteiger partial charge in [0.1, 0.15) is 35.6 Å². The molecule has 0 saturated carbocycles. The molecule has 4 aliphatic heterocycles. The zero-order chi connectivity index (χ0) is 28.6. The van der Waals surface area contributed by atoms with Crippen LogP contribution in [0.4, 0.5) is 14.6 Å². The molecule has 11 heteroatoms. The summed E-state index contributed by atoms with van der Waals surface area (Å²) in [5, 5.41) is 16.2. The van der Waals surface area contributed by atoms with Gasteiger partial charge in [0.05, 0.1) is 10.9 Å². The van der Waals surface area contributed by atoms with E-state index in [1.807, 2.05) is 6.07 Å². The molecule has 8 nitrogen and oxygen atoms in total. The summed E-state index contributed by atoms with van der Waals surface area (Å²) < 4.78 is 37.4. The summed E-state index contributed by atoms with van der Waals surface area (Å²) in [6, 6.07) is 8.90. The number of anilines is 1. The quantitative estimate of drug-likeness (QED) is 0.325. The Kier molecular flexibility index (Phi) is 6.17. The highest BCUT2D eigenvalue weighted by Crippen LogP contribution is 2.43. The van der Waals surface area contributed by atoms with Gasteiger partial charge in [0.25, 0.3) is 0 Å². The van der Waals surface area contributed by atoms with E-state index in [2.05, 4.69) is 25.1 Å². The van der Waals surface area contributed by atoms with Gasteiger partial charge in [0.15, 0.2) is 5.82 Å². The number of hydrogen-bond acceptors (Lipinski definition) is 8. The molecular formula is C31H31ClF2N6O2. The van der Waals surface area contributed by atoms with Gasteiger partial charge in [0, 0.05) is 60.3 Å². The summed E-state index contributed by atoms with van der Waals surface area (Å²) in [7, 11) is 0. The van der Waals surface area contributed by atoms with Gasteiger partial charge in [-0.15, -0.1) is 0 Å². The van der Waals surface area contributed by atoms with E-state index in [1.54, 1.807) is 24.4 Å². The number of nitrogens with zero attached hydrogens (tertiary/aromatic N) is 5. The van der Waals surface area contributed by atoms with Crippen LogP contribution in [0, 0.1) is 5.82 Å². The maximum Gasteiger partial charge on any atom is 0.319 e. The highest BCUT2D eigenvalue weighted by Gasteiger charge is 2.49. The minimum absolute atomic E-state index is 0.0195. The second-order valence-electron chi connectivity index (χ2n) is 12.2. The molecular weight excluding hydrogens is 562 g/mol. The molecule has 2 aromatic heterocycles. The third-order valence-corrected chi connectivity index (χ3v) is 9.98. The molecule has 4 atom stereocenters. The van der Waals surface area contributed by atoms with Crippen molar-refractivity contribution in [2.75, 3.05) is 37.7 Å². The van der Waals surface area contributed by atoms with E-state index in [0.29, 0.717) is 45.5 Å². The molecule has 4 fully saturated rings. The molecule has 2 aromatic carbocycles. The molecule has 218 valence electrons. The molecule has 0 aliphatic carbocycles. The largest absolute Gasteiger partial charge is 0.508 e. The van der Waals surface area contributed by atoms with Crippen LogP contribution in [0.1, 0.15) is 32.1 Å². The molecule has 4 saturated heterocycles. The van der Waals surface area contributed by atoms with E-state index in [9.17, 15) is 9.50 Å². The van der Waals surface area contributed by atoms with Crippen molar-refractivity contribution in [1.82, 2.24) is 25.2 Å². The number of benzene rings is 2. The van der Waals surface area contributed by atoms with Gasteiger partial charge in [-0.1, -0.05) is 23.7 Å². The second kappa shape index (κ2) is 9.86. The number of rotatable bonds is 5. The summed E-state index contributed by atoms with van der Waals surface area (Å²) in [4.78, 5) is 18.5. The molecule has 2 unspecified atom stereocenters. The first kappa shape index (κ1) is 26.3. The average Bonchev–Trinajstić information content (AvgIpc) is 3.58. The lowest BCUT2D eigenvalue weighted by Gasteiger charge is -2.37. The van der Waals surface area contributed by atoms with Gasteiger partial charge < -0.3 is 20.1 Å². The zero-order valence-corrected chi connectivity index (χ0v) is 23.7. The molecule has 42 heavy (non-hydrogen) atoms. The van der Waals surface area contributed by atoms with E-state index in [-0.39, 0.29) is 47.2 Å². The number of phenolic OH excluding ortho intramolecular Hbond substituents is 1. The molecule has 2 N–H and O–H groups in total. The van der Waals surface area contributed by atoms with Gasteiger partial charge in [-0.05, 0) is 55.8 Å². The van der Waals surface area contributed by atoms with Gasteiger partial charge >= 0.3 is 6.01 Å². The molecule has 6 heterocycles. The number of aromatic hydroxyl groups is 1. The van der Waals surface area contributed by atoms with Crippen molar-refractivity contribution in [2.45, 2.75) is 55.9 Å². The molecule has 4 aliphatic rings. The standard InChI is InChI=1S/C31H31ClF2N6O2/c32-24-4-1-3-17-9-21(41)10-22(25(17)24)27-26(34)28-23(14-36-27)29(40-19-5-6-20(40)13-35-12-19)38-30(37-28)42-16-31-7-2-8-39(31)15-18(33)11-31/h1,3-4,9-10,14,18-20,35,41H,2,5-8,11-13,15-16H2/t18-,19?,20?,31+/m1/s1. The van der Waals surface area contributed by atoms with Crippen LogP contribution in [0.5, 0.6) is 11.8 Å². The lowest BCUT2D eigenvalue weighted by molar-refractivity contribution is 0.107. The van der Waals surface area contributed by atoms with Crippen LogP contribution < -0.4 is 15.0 Å². The summed E-state index contributed by atoms with van der Waals surface area (Å²) in [6.45, 7) is 3.15. The maximum atomic E-state index is 16.7. The van der Waals surface area contributed by atoms with Crippen molar-refractivity contribution in [3.05, 3.63) is 47.4 Å². The van der Waals surface area contributed by atoms with Crippen LogP contribution >= 0.6 is 11.6 Å². The number of halogens is 3. The van der Waals surface area contributed by atoms with Crippen LogP contribution in [0.3, 0.4) is 0 Å². The number of hydrogen-bond donors (Lipinski definition) is 2. The zero-order valence-electron chi connectivity index (χ0n) is 23.0. The van der Waals surface area contributed by atoms with Gasteiger partial charge in [-0.3, -0.25) is 9.88 Å². The molecule has 2 bridgehead atoms. The van der Waals surface area contributed by atoms with Crippen molar-refractivity contribution < 1.29 is 18.6 Å². The highest BCUT2D eigenvalue weighted by atomic mass is 35.5. The lowest BCUT2D eigenvalue weighted by atomic mass is 9.95. The fourth-order valence-electron chi connectivity index (χ4n) is 7.80. The minimum Gasteiger partial charge on any atom is -0.508 e. The smallest absolute Gasteiger partial charge is 0.319 e. The number of aromatic nitrogens is 3. The van der Waals surface area contributed by atoms with Crippen molar-refractivity contribution in [3.63, 3.8) is 0 Å². The Morgan fingerprint density at radius 3 is 2.83 bits per heavy atom. The first-order valence-electron chi connectivity index (χ1n) is 14.7. The summed E-state index contributed by atoms with van der Waals surface area (Å²) in [5.41, 5.74) is 0.120. The average molecular weight is 593 g/mol. The normalized spacial score (nSPS) is 27.3. The number of piperazine rings is 1. The number of fused-ring (bicyclic) bond motifs is 5. The van der Waals surface area contributed by atoms with E-state index < -0.39 is 12.0 Å². The van der Waals surface area contributed by atoms with Crippen molar-refractivity contribution in [1.29, 1.82) is 0 Å². The monoisotopic (exact) mass is 592 g/mol. The number of pyridine rings is 1. The van der Waals surface area contributed by atoms with Crippen LogP contribution in [0.15, 0.2) is 36.5 Å². The Bertz CT molecular complexity index is 1710. The summed E-state index contributed by atoms with van der Waals surface area (Å²) in [6.07, 6.45) is 5.02. The van der Waals surface area contributed by atoms with Gasteiger partial charge in [-0.25, -0.2) is 8.78 Å². The predicted molar refractivity (Wildman–Crippen MR) is 158 cm³/mol. The SMILES string of the molecule is Oc1cc(-c2ncc3c(N4C5CCC4CNC5)nc(OC[C@@]45CCCN4C[C@H](F)C5)nc3c2F)c2c(Cl)cccc2c1. The molecule has 4 aromatic rings. The number of alkyl halides is 1. The summed E-state index contributed by atoms with van der Waals surface area (Å²) >= 11 is 6.56. The van der Waals surface area contributed by atoms with Crippen LogP contribution in [-0.2, 0) is 0 Å². The minimum atomic E-state index is -0.881. The van der Waals surface area contributed by atoms with E-state index in [0.717, 1.165) is 45.3 Å². The Morgan fingerprint density at radius 2 is 2.00 bits per heavy atom. The molecule has 0 radical (unpaired) electrons. The Balaban J connectivity index is 1.28. The highest BCUT2D eigenvalue weighted by molar-refractivity contribution is 6.36. The van der Waals surface area contributed by atoms with E-state index in [4.69, 9.17) is 21.3 Å². The molecule has 0 spiro atoms. The third kappa shape index (κ3) is 4.10. The van der Waals surface area contributed by atoms with E-state index in [1.165, 1.54) is 6.07 Å². The third-order valence-electron chi connectivity index (χ3n) is 9.66. The van der Waals surface area contributed by atoms with Gasteiger partial charge in [-0.2, -0.15) is 9.97 Å². The van der Waals surface area contributed by atoms with E-state index >= 15 is 4.39 Å². The first-order valence-corrected chi connectivity index (χ1v) is 15.1. The van der Waals surface area contributed by atoms with Crippen molar-refractivity contribution >= 4 is 39.1 Å². The first-order chi connectivity index (χ1) is 20.4. The topological polar surface area (TPSA) is 86.6 Å². The van der Waals surface area contributed by atoms with Crippen LogP contribution in [0.2, 0.25) is 5.02 Å². The van der Waals surface area contributed by atoms with Gasteiger partial charge in [0.2, 0.25) is 0 Å². The molecule has 8 rings (SSSR count). The predicted octanol–water partition coefficient (Wildman–Crippen LogP) is 5.24. The van der Waals surface area contributed by atoms with Crippen LogP contribution in [-0.4, -0.2) is 81.5 Å².